The number of aryl methyl sites for hydroxylation is 2. The van der Waals surface area contributed by atoms with Gasteiger partial charge in [-0.1, -0.05) is 30.3 Å². The van der Waals surface area contributed by atoms with Crippen molar-refractivity contribution in [2.75, 3.05) is 39.4 Å². The van der Waals surface area contributed by atoms with Crippen LogP contribution in [0.1, 0.15) is 28.9 Å². The van der Waals surface area contributed by atoms with Crippen molar-refractivity contribution in [3.8, 4) is 11.3 Å². The van der Waals surface area contributed by atoms with E-state index in [2.05, 4.69) is 15.3 Å². The number of benzene rings is 1. The summed E-state index contributed by atoms with van der Waals surface area (Å²) in [4.78, 5) is 20.3. The van der Waals surface area contributed by atoms with Crippen molar-refractivity contribution in [2.45, 2.75) is 19.8 Å². The molecule has 1 amide bonds. The van der Waals surface area contributed by atoms with Crippen LogP contribution in [-0.2, 0) is 11.8 Å². The Kier molecular flexibility index (Phi) is 6.40. The van der Waals surface area contributed by atoms with E-state index in [1.54, 1.807) is 4.68 Å². The summed E-state index contributed by atoms with van der Waals surface area (Å²) in [6.45, 7) is 7.29. The SMILES string of the molecule is Cc1nn(C)c2nc(-c3ccccc3)cc(C(=O)NCCCCN3CCOCC3)c12. The Bertz CT molecular complexity index is 1010. The molecule has 0 atom stereocenters. The van der Waals surface area contributed by atoms with E-state index in [1.165, 1.54) is 0 Å². The number of nitrogens with one attached hydrogen (secondary N) is 1. The molecule has 0 saturated carbocycles. The number of aromatic nitrogens is 3. The highest BCUT2D eigenvalue weighted by Gasteiger charge is 2.19. The fraction of sp³-hybridized carbons (Fsp3) is 0.435. The van der Waals surface area contributed by atoms with Crippen LogP contribution in [0.15, 0.2) is 36.4 Å². The molecule has 0 bridgehead atoms. The van der Waals surface area contributed by atoms with Gasteiger partial charge in [0, 0.05) is 32.2 Å². The molecule has 0 radical (unpaired) electrons. The van der Waals surface area contributed by atoms with Crippen LogP contribution < -0.4 is 5.32 Å². The molecule has 3 heterocycles. The molecule has 2 aromatic heterocycles. The minimum Gasteiger partial charge on any atom is -0.379 e. The van der Waals surface area contributed by atoms with Gasteiger partial charge < -0.3 is 10.1 Å². The van der Waals surface area contributed by atoms with Crippen molar-refractivity contribution >= 4 is 16.9 Å². The zero-order valence-corrected chi connectivity index (χ0v) is 17.7. The zero-order chi connectivity index (χ0) is 20.9. The summed E-state index contributed by atoms with van der Waals surface area (Å²) in [7, 11) is 1.87. The minimum atomic E-state index is -0.0675. The number of unbranched alkanes of at least 4 members (excludes halogenated alkanes) is 1. The van der Waals surface area contributed by atoms with Gasteiger partial charge in [-0.25, -0.2) is 4.98 Å². The van der Waals surface area contributed by atoms with Gasteiger partial charge in [0.1, 0.15) is 0 Å². The molecular formula is C23H29N5O2. The molecule has 7 heteroatoms. The fourth-order valence-corrected chi connectivity index (χ4v) is 3.96. The smallest absolute Gasteiger partial charge is 0.252 e. The standard InChI is InChI=1S/C23H29N5O2/c1-17-21-19(23(29)24-10-6-7-11-28-12-14-30-15-13-28)16-20(18-8-4-3-5-9-18)25-22(21)27(2)26-17/h3-5,8-9,16H,6-7,10-15H2,1-2H3,(H,24,29). The number of carbonyl (C=O) groups excluding carboxylic acids is 1. The van der Waals surface area contributed by atoms with Crippen molar-refractivity contribution in [2.24, 2.45) is 7.05 Å². The van der Waals surface area contributed by atoms with Gasteiger partial charge in [0.05, 0.1) is 35.6 Å². The Morgan fingerprint density at radius 3 is 2.70 bits per heavy atom. The molecule has 7 nitrogen and oxygen atoms in total. The van der Waals surface area contributed by atoms with Crippen molar-refractivity contribution in [1.82, 2.24) is 25.0 Å². The maximum atomic E-state index is 13.1. The Labute approximate surface area is 177 Å². The summed E-state index contributed by atoms with van der Waals surface area (Å²) < 4.78 is 7.13. The predicted molar refractivity (Wildman–Crippen MR) is 118 cm³/mol. The predicted octanol–water partition coefficient (Wildman–Crippen LogP) is 2.79. The topological polar surface area (TPSA) is 72.3 Å². The highest BCUT2D eigenvalue weighted by atomic mass is 16.5. The number of hydrogen-bond acceptors (Lipinski definition) is 5. The molecule has 1 aromatic carbocycles. The second kappa shape index (κ2) is 9.36. The van der Waals surface area contributed by atoms with Gasteiger partial charge in [0.15, 0.2) is 5.65 Å². The number of nitrogens with zero attached hydrogens (tertiary/aromatic N) is 4. The van der Waals surface area contributed by atoms with E-state index in [0.29, 0.717) is 12.1 Å². The lowest BCUT2D eigenvalue weighted by Gasteiger charge is -2.26. The number of amides is 1. The first-order valence-corrected chi connectivity index (χ1v) is 10.6. The maximum absolute atomic E-state index is 13.1. The Hall–Kier alpha value is -2.77. The molecule has 0 aliphatic carbocycles. The van der Waals surface area contributed by atoms with Crippen LogP contribution in [0.3, 0.4) is 0 Å². The van der Waals surface area contributed by atoms with Gasteiger partial charge in [-0.15, -0.1) is 0 Å². The number of hydrogen-bond donors (Lipinski definition) is 1. The molecule has 3 aromatic rings. The second-order valence-corrected chi connectivity index (χ2v) is 7.75. The highest BCUT2D eigenvalue weighted by Crippen LogP contribution is 2.26. The summed E-state index contributed by atoms with van der Waals surface area (Å²) in [5.41, 5.74) is 3.95. The van der Waals surface area contributed by atoms with Crippen LogP contribution in [-0.4, -0.2) is 65.0 Å². The summed E-state index contributed by atoms with van der Waals surface area (Å²) in [5.74, 6) is -0.0675. The van der Waals surface area contributed by atoms with Crippen molar-refractivity contribution in [1.29, 1.82) is 0 Å². The van der Waals surface area contributed by atoms with Crippen LogP contribution in [0, 0.1) is 6.92 Å². The molecule has 158 valence electrons. The lowest BCUT2D eigenvalue weighted by atomic mass is 10.0. The second-order valence-electron chi connectivity index (χ2n) is 7.75. The number of morpholine rings is 1. The van der Waals surface area contributed by atoms with Gasteiger partial charge in [0.2, 0.25) is 0 Å². The highest BCUT2D eigenvalue weighted by molar-refractivity contribution is 6.07. The van der Waals surface area contributed by atoms with E-state index in [-0.39, 0.29) is 5.91 Å². The van der Waals surface area contributed by atoms with Gasteiger partial charge in [-0.05, 0) is 32.4 Å². The Balaban J connectivity index is 1.47. The largest absolute Gasteiger partial charge is 0.379 e. The first kappa shape index (κ1) is 20.5. The van der Waals surface area contributed by atoms with Gasteiger partial charge in [-0.3, -0.25) is 14.4 Å². The molecule has 0 unspecified atom stereocenters. The lowest BCUT2D eigenvalue weighted by molar-refractivity contribution is 0.0372. The molecule has 1 fully saturated rings. The molecule has 1 aliphatic heterocycles. The third-order valence-corrected chi connectivity index (χ3v) is 5.57. The Morgan fingerprint density at radius 2 is 1.93 bits per heavy atom. The van der Waals surface area contributed by atoms with E-state index in [1.807, 2.05) is 50.4 Å². The van der Waals surface area contributed by atoms with E-state index in [9.17, 15) is 4.79 Å². The molecular weight excluding hydrogens is 378 g/mol. The number of rotatable bonds is 7. The third kappa shape index (κ3) is 4.52. The summed E-state index contributed by atoms with van der Waals surface area (Å²) in [5, 5.41) is 8.41. The van der Waals surface area contributed by atoms with Crippen LogP contribution in [0.2, 0.25) is 0 Å². The number of carbonyl (C=O) groups is 1. The average Bonchev–Trinajstić information content (AvgIpc) is 3.07. The zero-order valence-electron chi connectivity index (χ0n) is 17.7. The average molecular weight is 408 g/mol. The van der Waals surface area contributed by atoms with Crippen LogP contribution in [0.5, 0.6) is 0 Å². The van der Waals surface area contributed by atoms with E-state index in [4.69, 9.17) is 9.72 Å². The molecule has 4 rings (SSSR count). The number of fused-ring (bicyclic) bond motifs is 1. The molecule has 30 heavy (non-hydrogen) atoms. The normalized spacial score (nSPS) is 14.9. The first-order valence-electron chi connectivity index (χ1n) is 10.6. The third-order valence-electron chi connectivity index (χ3n) is 5.57. The fourth-order valence-electron chi connectivity index (χ4n) is 3.96. The van der Waals surface area contributed by atoms with Crippen LogP contribution in [0.4, 0.5) is 0 Å². The van der Waals surface area contributed by atoms with Crippen molar-refractivity contribution in [3.05, 3.63) is 47.7 Å². The Morgan fingerprint density at radius 1 is 1.17 bits per heavy atom. The molecule has 1 aliphatic rings. The first-order chi connectivity index (χ1) is 14.6. The van der Waals surface area contributed by atoms with E-state index in [0.717, 1.165) is 73.7 Å². The quantitative estimate of drug-likeness (QED) is 0.610. The molecule has 0 spiro atoms. The van der Waals surface area contributed by atoms with Gasteiger partial charge >= 0.3 is 0 Å². The van der Waals surface area contributed by atoms with E-state index >= 15 is 0 Å². The van der Waals surface area contributed by atoms with Gasteiger partial charge in [-0.2, -0.15) is 5.10 Å². The molecule has 1 saturated heterocycles. The lowest BCUT2D eigenvalue weighted by Crippen LogP contribution is -2.37. The summed E-state index contributed by atoms with van der Waals surface area (Å²) in [6, 6.07) is 11.8. The van der Waals surface area contributed by atoms with Crippen molar-refractivity contribution < 1.29 is 9.53 Å². The summed E-state index contributed by atoms with van der Waals surface area (Å²) in [6.07, 6.45) is 2.02. The monoisotopic (exact) mass is 407 g/mol. The van der Waals surface area contributed by atoms with Crippen molar-refractivity contribution in [3.63, 3.8) is 0 Å². The van der Waals surface area contributed by atoms with Gasteiger partial charge in [0.25, 0.3) is 5.91 Å². The van der Waals surface area contributed by atoms with Crippen LogP contribution in [0.25, 0.3) is 22.3 Å². The number of pyridine rings is 1. The van der Waals surface area contributed by atoms with E-state index < -0.39 is 0 Å². The molecule has 1 N–H and O–H groups in total. The van der Waals surface area contributed by atoms with Crippen LogP contribution >= 0.6 is 0 Å². The summed E-state index contributed by atoms with van der Waals surface area (Å²) >= 11 is 0. The maximum Gasteiger partial charge on any atom is 0.252 e. The number of ether oxygens (including phenoxy) is 1. The minimum absolute atomic E-state index is 0.0675.